The first-order valence-electron chi connectivity index (χ1n) is 7.19. The fourth-order valence-corrected chi connectivity index (χ4v) is 3.19. The molecule has 0 radical (unpaired) electrons. The smallest absolute Gasteiger partial charge is 0.298 e. The summed E-state index contributed by atoms with van der Waals surface area (Å²) in [6.45, 7) is 0. The number of nitrogens with zero attached hydrogens (tertiary/aromatic N) is 1. The van der Waals surface area contributed by atoms with Crippen molar-refractivity contribution in [1.29, 1.82) is 0 Å². The van der Waals surface area contributed by atoms with Crippen molar-refractivity contribution in [1.82, 2.24) is 0 Å². The topological polar surface area (TPSA) is 55.8 Å². The molecule has 24 heavy (non-hydrogen) atoms. The lowest BCUT2D eigenvalue weighted by Crippen LogP contribution is -2.27. The van der Waals surface area contributed by atoms with Crippen molar-refractivity contribution in [2.45, 2.75) is 0 Å². The average molecular weight is 341 g/mol. The highest BCUT2D eigenvalue weighted by Crippen LogP contribution is 2.37. The third kappa shape index (κ3) is 3.00. The number of methoxy groups -OCH3 is 2. The molecule has 0 bridgehead atoms. The van der Waals surface area contributed by atoms with E-state index in [0.29, 0.717) is 27.7 Å². The summed E-state index contributed by atoms with van der Waals surface area (Å²) in [5, 5.41) is -0.320. The second kappa shape index (κ2) is 6.80. The van der Waals surface area contributed by atoms with Gasteiger partial charge in [0.15, 0.2) is 0 Å². The summed E-state index contributed by atoms with van der Waals surface area (Å²) in [4.78, 5) is 26.4. The van der Waals surface area contributed by atoms with Crippen molar-refractivity contribution in [3.8, 4) is 11.5 Å². The number of carbonyl (C=O) groups is 2. The van der Waals surface area contributed by atoms with E-state index in [4.69, 9.17) is 9.47 Å². The molecule has 1 aliphatic rings. The Morgan fingerprint density at radius 2 is 1.75 bits per heavy atom. The zero-order valence-corrected chi connectivity index (χ0v) is 14.0. The van der Waals surface area contributed by atoms with Crippen molar-refractivity contribution in [2.75, 3.05) is 19.1 Å². The van der Waals surface area contributed by atoms with Gasteiger partial charge in [-0.3, -0.25) is 9.59 Å². The number of imide groups is 1. The van der Waals surface area contributed by atoms with Crippen LogP contribution in [0.4, 0.5) is 10.5 Å². The molecule has 1 saturated heterocycles. The number of hydrogen-bond donors (Lipinski definition) is 0. The predicted molar refractivity (Wildman–Crippen MR) is 94.4 cm³/mol. The maximum absolute atomic E-state index is 12.6. The van der Waals surface area contributed by atoms with Gasteiger partial charge in [0.05, 0.1) is 24.8 Å². The number of hydrogen-bond acceptors (Lipinski definition) is 5. The molecule has 5 nitrogen and oxygen atoms in total. The number of anilines is 1. The zero-order chi connectivity index (χ0) is 17.1. The van der Waals surface area contributed by atoms with Crippen LogP contribution >= 0.6 is 11.8 Å². The van der Waals surface area contributed by atoms with Gasteiger partial charge < -0.3 is 9.47 Å². The summed E-state index contributed by atoms with van der Waals surface area (Å²) < 4.78 is 10.5. The minimum atomic E-state index is -0.346. The van der Waals surface area contributed by atoms with Gasteiger partial charge in [0.25, 0.3) is 11.1 Å². The lowest BCUT2D eigenvalue weighted by atomic mass is 10.1. The minimum absolute atomic E-state index is 0.320. The average Bonchev–Trinajstić information content (AvgIpc) is 2.89. The normalized spacial score (nSPS) is 15.9. The van der Waals surface area contributed by atoms with Gasteiger partial charge in [-0.1, -0.05) is 18.2 Å². The Morgan fingerprint density at radius 3 is 2.42 bits per heavy atom. The second-order valence-electron chi connectivity index (χ2n) is 4.96. The number of benzene rings is 2. The number of para-hydroxylation sites is 1. The molecular formula is C18H15NO4S. The van der Waals surface area contributed by atoms with Crippen molar-refractivity contribution >= 4 is 34.7 Å². The van der Waals surface area contributed by atoms with Gasteiger partial charge in [0, 0.05) is 5.56 Å². The molecule has 2 amide bonds. The summed E-state index contributed by atoms with van der Waals surface area (Å²) in [5.74, 6) is 0.896. The standard InChI is InChI=1S/C18H15NO4S/c1-22-14-8-9-15(23-2)12(10-14)11-16-17(20)19(18(21)24-16)13-6-4-3-5-7-13/h3-11H,1-2H3/b16-11+. The van der Waals surface area contributed by atoms with Gasteiger partial charge in [-0.2, -0.15) is 0 Å². The summed E-state index contributed by atoms with van der Waals surface area (Å²) in [5.41, 5.74) is 1.23. The van der Waals surface area contributed by atoms with E-state index in [1.54, 1.807) is 62.8 Å². The third-order valence-electron chi connectivity index (χ3n) is 3.53. The van der Waals surface area contributed by atoms with E-state index < -0.39 is 0 Å². The molecule has 0 spiro atoms. The molecule has 1 aliphatic heterocycles. The van der Waals surface area contributed by atoms with E-state index in [2.05, 4.69) is 0 Å². The summed E-state index contributed by atoms with van der Waals surface area (Å²) in [6, 6.07) is 14.1. The summed E-state index contributed by atoms with van der Waals surface area (Å²) >= 11 is 0.906. The second-order valence-corrected chi connectivity index (χ2v) is 5.95. The molecule has 6 heteroatoms. The molecule has 0 atom stereocenters. The van der Waals surface area contributed by atoms with Crippen molar-refractivity contribution < 1.29 is 19.1 Å². The van der Waals surface area contributed by atoms with E-state index in [-0.39, 0.29) is 11.1 Å². The van der Waals surface area contributed by atoms with Crippen LogP contribution in [0.1, 0.15) is 5.56 Å². The van der Waals surface area contributed by atoms with Crippen LogP contribution in [-0.4, -0.2) is 25.4 Å². The number of ether oxygens (including phenoxy) is 2. The van der Waals surface area contributed by atoms with E-state index in [0.717, 1.165) is 11.8 Å². The van der Waals surface area contributed by atoms with Crippen LogP contribution in [0.2, 0.25) is 0 Å². The first-order chi connectivity index (χ1) is 11.6. The molecular weight excluding hydrogens is 326 g/mol. The Hall–Kier alpha value is -2.73. The number of carbonyl (C=O) groups excluding carboxylic acids is 2. The van der Waals surface area contributed by atoms with Gasteiger partial charge >= 0.3 is 0 Å². The van der Waals surface area contributed by atoms with Gasteiger partial charge in [-0.05, 0) is 48.2 Å². The summed E-state index contributed by atoms with van der Waals surface area (Å²) in [6.07, 6.45) is 1.65. The predicted octanol–water partition coefficient (Wildman–Crippen LogP) is 3.94. The van der Waals surface area contributed by atoms with Crippen molar-refractivity contribution in [3.63, 3.8) is 0 Å². The molecule has 0 unspecified atom stereocenters. The van der Waals surface area contributed by atoms with Crippen LogP contribution in [-0.2, 0) is 4.79 Å². The maximum atomic E-state index is 12.6. The van der Waals surface area contributed by atoms with Gasteiger partial charge in [-0.15, -0.1) is 0 Å². The van der Waals surface area contributed by atoms with E-state index in [1.807, 2.05) is 6.07 Å². The monoisotopic (exact) mass is 341 g/mol. The quantitative estimate of drug-likeness (QED) is 0.788. The molecule has 122 valence electrons. The van der Waals surface area contributed by atoms with Crippen LogP contribution < -0.4 is 14.4 Å². The van der Waals surface area contributed by atoms with Gasteiger partial charge in [0.1, 0.15) is 11.5 Å². The number of amides is 2. The fourth-order valence-electron chi connectivity index (χ4n) is 2.36. The first-order valence-corrected chi connectivity index (χ1v) is 8.00. The Labute approximate surface area is 143 Å². The molecule has 2 aromatic rings. The SMILES string of the molecule is COc1ccc(OC)c(/C=C2/SC(=O)N(c3ccccc3)C2=O)c1. The van der Waals surface area contributed by atoms with Crippen LogP contribution in [0.25, 0.3) is 6.08 Å². The molecule has 0 aliphatic carbocycles. The molecule has 1 fully saturated rings. The Kier molecular flexibility index (Phi) is 4.57. The van der Waals surface area contributed by atoms with Crippen LogP contribution in [0, 0.1) is 0 Å². The number of rotatable bonds is 4. The van der Waals surface area contributed by atoms with Crippen LogP contribution in [0.15, 0.2) is 53.4 Å². The first kappa shape index (κ1) is 16.1. The third-order valence-corrected chi connectivity index (χ3v) is 4.40. The Morgan fingerprint density at radius 1 is 1.00 bits per heavy atom. The molecule has 0 saturated carbocycles. The highest BCUT2D eigenvalue weighted by atomic mass is 32.2. The van der Waals surface area contributed by atoms with E-state index in [1.165, 1.54) is 4.90 Å². The fraction of sp³-hybridized carbons (Fsp3) is 0.111. The Balaban J connectivity index is 1.98. The van der Waals surface area contributed by atoms with Crippen molar-refractivity contribution in [2.24, 2.45) is 0 Å². The van der Waals surface area contributed by atoms with Crippen LogP contribution in [0.5, 0.6) is 11.5 Å². The Bertz CT molecular complexity index is 817. The van der Waals surface area contributed by atoms with Crippen LogP contribution in [0.3, 0.4) is 0 Å². The van der Waals surface area contributed by atoms with E-state index in [9.17, 15) is 9.59 Å². The molecule has 2 aromatic carbocycles. The van der Waals surface area contributed by atoms with Gasteiger partial charge in [0.2, 0.25) is 0 Å². The largest absolute Gasteiger partial charge is 0.497 e. The molecule has 1 heterocycles. The highest BCUT2D eigenvalue weighted by Gasteiger charge is 2.36. The molecule has 0 aromatic heterocycles. The molecule has 0 N–H and O–H groups in total. The minimum Gasteiger partial charge on any atom is -0.497 e. The van der Waals surface area contributed by atoms with E-state index >= 15 is 0 Å². The highest BCUT2D eigenvalue weighted by molar-refractivity contribution is 8.19. The molecule has 3 rings (SSSR count). The lowest BCUT2D eigenvalue weighted by molar-refractivity contribution is -0.113. The summed E-state index contributed by atoms with van der Waals surface area (Å²) in [7, 11) is 3.11. The zero-order valence-electron chi connectivity index (χ0n) is 13.2. The number of thioether (sulfide) groups is 1. The van der Waals surface area contributed by atoms with Gasteiger partial charge in [-0.25, -0.2) is 4.90 Å². The lowest BCUT2D eigenvalue weighted by Gasteiger charge is -2.11. The maximum Gasteiger partial charge on any atom is 0.298 e. The van der Waals surface area contributed by atoms with Crippen molar-refractivity contribution in [3.05, 3.63) is 59.0 Å².